The van der Waals surface area contributed by atoms with Gasteiger partial charge in [0.2, 0.25) is 5.91 Å². The largest absolute Gasteiger partial charge is 0.370 e. The highest BCUT2D eigenvalue weighted by atomic mass is 35.5. The predicted octanol–water partition coefficient (Wildman–Crippen LogP) is 3.66. The first-order chi connectivity index (χ1) is 13.6. The Hall–Kier alpha value is -1.93. The van der Waals surface area contributed by atoms with Crippen molar-refractivity contribution in [2.45, 2.75) is 32.4 Å². The Kier molecular flexibility index (Phi) is 7.44. The molecule has 1 fully saturated rings. The summed E-state index contributed by atoms with van der Waals surface area (Å²) in [5.41, 5.74) is 1.51. The standard InChI is InChI=1S/C20H24ClN3O3S/c1-2-3-17(22-12-16-8-9-18(21)28-16)20(26)23-14-4-6-15(7-5-14)24-10-11-27-13-19(24)25/h4-9,17,22H,2-3,10-13H2,1H3,(H,23,26). The Bertz CT molecular complexity index is 809. The Labute approximate surface area is 173 Å². The SMILES string of the molecule is CCCC(NCc1ccc(Cl)s1)C(=O)Nc1ccc(N2CCOCC2=O)cc1. The van der Waals surface area contributed by atoms with Gasteiger partial charge in [-0.2, -0.15) is 0 Å². The van der Waals surface area contributed by atoms with Crippen molar-refractivity contribution in [2.75, 3.05) is 30.0 Å². The Morgan fingerprint density at radius 3 is 2.71 bits per heavy atom. The van der Waals surface area contributed by atoms with Gasteiger partial charge in [0.15, 0.2) is 0 Å². The quantitative estimate of drug-likeness (QED) is 0.682. The lowest BCUT2D eigenvalue weighted by molar-refractivity contribution is -0.125. The molecule has 3 rings (SSSR count). The molecule has 1 aromatic heterocycles. The first kappa shape index (κ1) is 20.8. The van der Waals surface area contributed by atoms with E-state index in [-0.39, 0.29) is 24.5 Å². The number of hydrogen-bond acceptors (Lipinski definition) is 5. The van der Waals surface area contributed by atoms with E-state index in [9.17, 15) is 9.59 Å². The van der Waals surface area contributed by atoms with E-state index in [0.717, 1.165) is 27.7 Å². The molecule has 1 atom stereocenters. The minimum Gasteiger partial charge on any atom is -0.370 e. The monoisotopic (exact) mass is 421 g/mol. The average Bonchev–Trinajstić information content (AvgIpc) is 3.11. The number of halogens is 1. The highest BCUT2D eigenvalue weighted by Gasteiger charge is 2.21. The van der Waals surface area contributed by atoms with Gasteiger partial charge in [0.25, 0.3) is 5.91 Å². The number of thiophene rings is 1. The minimum atomic E-state index is -0.286. The van der Waals surface area contributed by atoms with E-state index < -0.39 is 0 Å². The van der Waals surface area contributed by atoms with Crippen LogP contribution in [-0.4, -0.2) is 37.6 Å². The molecule has 28 heavy (non-hydrogen) atoms. The molecular formula is C20H24ClN3O3S. The number of carbonyl (C=O) groups is 2. The zero-order chi connectivity index (χ0) is 19.9. The first-order valence-corrected chi connectivity index (χ1v) is 10.5. The Morgan fingerprint density at radius 2 is 2.07 bits per heavy atom. The molecule has 1 aliphatic rings. The van der Waals surface area contributed by atoms with Crippen LogP contribution in [0.5, 0.6) is 0 Å². The Morgan fingerprint density at radius 1 is 1.29 bits per heavy atom. The van der Waals surface area contributed by atoms with E-state index >= 15 is 0 Å². The molecule has 1 unspecified atom stereocenters. The number of anilines is 2. The van der Waals surface area contributed by atoms with Gasteiger partial charge in [0.05, 0.1) is 17.0 Å². The number of carbonyl (C=O) groups excluding carboxylic acids is 2. The maximum Gasteiger partial charge on any atom is 0.253 e. The van der Waals surface area contributed by atoms with Gasteiger partial charge < -0.3 is 20.3 Å². The Balaban J connectivity index is 1.58. The number of amides is 2. The third kappa shape index (κ3) is 5.54. The van der Waals surface area contributed by atoms with Gasteiger partial charge in [-0.15, -0.1) is 11.3 Å². The van der Waals surface area contributed by atoms with Gasteiger partial charge in [-0.05, 0) is 42.8 Å². The predicted molar refractivity (Wildman–Crippen MR) is 113 cm³/mol. The molecule has 150 valence electrons. The molecule has 8 heteroatoms. The van der Waals surface area contributed by atoms with Crippen LogP contribution in [0.15, 0.2) is 36.4 Å². The second-order valence-corrected chi connectivity index (χ2v) is 8.36. The average molecular weight is 422 g/mol. The molecular weight excluding hydrogens is 398 g/mol. The number of nitrogens with one attached hydrogen (secondary N) is 2. The van der Waals surface area contributed by atoms with Crippen molar-refractivity contribution < 1.29 is 14.3 Å². The second-order valence-electron chi connectivity index (χ2n) is 6.56. The molecule has 2 N–H and O–H groups in total. The van der Waals surface area contributed by atoms with Gasteiger partial charge in [-0.3, -0.25) is 9.59 Å². The summed E-state index contributed by atoms with van der Waals surface area (Å²) < 4.78 is 5.90. The molecule has 2 amide bonds. The van der Waals surface area contributed by atoms with Crippen molar-refractivity contribution in [3.8, 4) is 0 Å². The molecule has 0 bridgehead atoms. The molecule has 0 saturated carbocycles. The summed E-state index contributed by atoms with van der Waals surface area (Å²) >= 11 is 7.47. The van der Waals surface area contributed by atoms with Crippen molar-refractivity contribution >= 4 is 46.1 Å². The molecule has 2 aromatic rings. The number of nitrogens with zero attached hydrogens (tertiary/aromatic N) is 1. The van der Waals surface area contributed by atoms with Gasteiger partial charge in [0.1, 0.15) is 6.61 Å². The van der Waals surface area contributed by atoms with Gasteiger partial charge in [-0.1, -0.05) is 24.9 Å². The van der Waals surface area contributed by atoms with Crippen LogP contribution in [0.2, 0.25) is 4.34 Å². The van der Waals surface area contributed by atoms with E-state index in [1.165, 1.54) is 11.3 Å². The van der Waals surface area contributed by atoms with Crippen LogP contribution in [0.4, 0.5) is 11.4 Å². The summed E-state index contributed by atoms with van der Waals surface area (Å²) in [6.07, 6.45) is 1.64. The van der Waals surface area contributed by atoms with Crippen LogP contribution in [0, 0.1) is 0 Å². The van der Waals surface area contributed by atoms with Crippen LogP contribution in [0.3, 0.4) is 0 Å². The number of ether oxygens (including phenoxy) is 1. The molecule has 1 saturated heterocycles. The first-order valence-electron chi connectivity index (χ1n) is 9.33. The van der Waals surface area contributed by atoms with E-state index in [0.29, 0.717) is 25.4 Å². The van der Waals surface area contributed by atoms with Crippen molar-refractivity contribution in [1.82, 2.24) is 5.32 Å². The fraction of sp³-hybridized carbons (Fsp3) is 0.400. The zero-order valence-electron chi connectivity index (χ0n) is 15.7. The van der Waals surface area contributed by atoms with Gasteiger partial charge in [-0.25, -0.2) is 0 Å². The molecule has 6 nitrogen and oxygen atoms in total. The fourth-order valence-electron chi connectivity index (χ4n) is 3.03. The number of hydrogen-bond donors (Lipinski definition) is 2. The van der Waals surface area contributed by atoms with Crippen LogP contribution in [-0.2, 0) is 20.9 Å². The van der Waals surface area contributed by atoms with E-state index in [4.69, 9.17) is 16.3 Å². The van der Waals surface area contributed by atoms with E-state index in [1.54, 1.807) is 4.90 Å². The van der Waals surface area contributed by atoms with Crippen molar-refractivity contribution in [2.24, 2.45) is 0 Å². The second kappa shape index (κ2) is 10.0. The molecule has 0 aliphatic carbocycles. The van der Waals surface area contributed by atoms with E-state index in [2.05, 4.69) is 17.6 Å². The smallest absolute Gasteiger partial charge is 0.253 e. The molecule has 0 spiro atoms. The lowest BCUT2D eigenvalue weighted by Gasteiger charge is -2.27. The molecule has 1 aromatic carbocycles. The van der Waals surface area contributed by atoms with Gasteiger partial charge in [0, 0.05) is 29.3 Å². The zero-order valence-corrected chi connectivity index (χ0v) is 17.3. The van der Waals surface area contributed by atoms with Gasteiger partial charge >= 0.3 is 0 Å². The summed E-state index contributed by atoms with van der Waals surface area (Å²) in [4.78, 5) is 27.4. The number of morpholine rings is 1. The lowest BCUT2D eigenvalue weighted by Crippen LogP contribution is -2.41. The molecule has 1 aliphatic heterocycles. The topological polar surface area (TPSA) is 70.7 Å². The van der Waals surface area contributed by atoms with E-state index in [1.807, 2.05) is 36.4 Å². The third-order valence-corrected chi connectivity index (χ3v) is 5.71. The maximum absolute atomic E-state index is 12.7. The summed E-state index contributed by atoms with van der Waals surface area (Å²) in [6.45, 7) is 3.84. The van der Waals surface area contributed by atoms with Crippen molar-refractivity contribution in [3.05, 3.63) is 45.6 Å². The number of benzene rings is 1. The van der Waals surface area contributed by atoms with Crippen LogP contribution >= 0.6 is 22.9 Å². The van der Waals surface area contributed by atoms with Crippen LogP contribution < -0.4 is 15.5 Å². The highest BCUT2D eigenvalue weighted by Crippen LogP contribution is 2.22. The van der Waals surface area contributed by atoms with Crippen LogP contribution in [0.25, 0.3) is 0 Å². The lowest BCUT2D eigenvalue weighted by atomic mass is 10.1. The maximum atomic E-state index is 12.7. The normalized spacial score (nSPS) is 15.5. The summed E-state index contributed by atoms with van der Waals surface area (Å²) in [6, 6.07) is 10.9. The summed E-state index contributed by atoms with van der Waals surface area (Å²) in [5.74, 6) is -0.122. The van der Waals surface area contributed by atoms with Crippen molar-refractivity contribution in [1.29, 1.82) is 0 Å². The molecule has 2 heterocycles. The minimum absolute atomic E-state index is 0.0519. The molecule has 0 radical (unpaired) electrons. The summed E-state index contributed by atoms with van der Waals surface area (Å²) in [7, 11) is 0. The fourth-order valence-corrected chi connectivity index (χ4v) is 4.07. The number of rotatable bonds is 8. The van der Waals surface area contributed by atoms with Crippen LogP contribution in [0.1, 0.15) is 24.6 Å². The summed E-state index contributed by atoms with van der Waals surface area (Å²) in [5, 5.41) is 6.27. The highest BCUT2D eigenvalue weighted by molar-refractivity contribution is 7.16. The third-order valence-electron chi connectivity index (χ3n) is 4.48. The van der Waals surface area contributed by atoms with Crippen molar-refractivity contribution in [3.63, 3.8) is 0 Å².